The number of rotatable bonds is 7. The number of alkyl halides is 3. The first-order valence-corrected chi connectivity index (χ1v) is 8.62. The summed E-state index contributed by atoms with van der Waals surface area (Å²) >= 11 is 5.63. The second-order valence-electron chi connectivity index (χ2n) is 7.36. The lowest BCUT2D eigenvalue weighted by Crippen LogP contribution is -2.57. The fourth-order valence-electron chi connectivity index (χ4n) is 2.94. The van der Waals surface area contributed by atoms with Gasteiger partial charge in [0.1, 0.15) is 5.54 Å². The van der Waals surface area contributed by atoms with Crippen molar-refractivity contribution in [2.45, 2.75) is 70.9 Å². The van der Waals surface area contributed by atoms with Crippen molar-refractivity contribution in [2.75, 3.05) is 12.5 Å². The SMILES string of the molecule is CC(C)(C)CCOC(=O)N1C(C(F)F)CCC1(CCCCl)C(=O)O. The van der Waals surface area contributed by atoms with Crippen LogP contribution in [0.4, 0.5) is 13.6 Å². The topological polar surface area (TPSA) is 66.8 Å². The van der Waals surface area contributed by atoms with E-state index in [4.69, 9.17) is 16.3 Å². The van der Waals surface area contributed by atoms with Crippen LogP contribution in [0, 0.1) is 5.41 Å². The summed E-state index contributed by atoms with van der Waals surface area (Å²) in [4.78, 5) is 25.0. The molecule has 0 saturated carbocycles. The van der Waals surface area contributed by atoms with Crippen LogP contribution in [0.3, 0.4) is 0 Å². The molecule has 0 aromatic heterocycles. The van der Waals surface area contributed by atoms with E-state index in [9.17, 15) is 23.5 Å². The molecule has 1 rings (SSSR count). The number of carboxylic acid groups (broad SMARTS) is 1. The molecule has 0 aliphatic carbocycles. The number of hydrogen-bond acceptors (Lipinski definition) is 3. The maximum atomic E-state index is 13.3. The monoisotopic (exact) mass is 369 g/mol. The Morgan fingerprint density at radius 2 is 2.04 bits per heavy atom. The lowest BCUT2D eigenvalue weighted by Gasteiger charge is -2.37. The molecule has 0 bridgehead atoms. The Bertz CT molecular complexity index is 456. The van der Waals surface area contributed by atoms with E-state index in [1.54, 1.807) is 0 Å². The fourth-order valence-corrected chi connectivity index (χ4v) is 3.07. The van der Waals surface area contributed by atoms with Crippen LogP contribution in [-0.4, -0.2) is 52.6 Å². The number of carbonyl (C=O) groups excluding carboxylic acids is 1. The van der Waals surface area contributed by atoms with Crippen LogP contribution in [0.2, 0.25) is 0 Å². The molecule has 0 aromatic rings. The Hall–Kier alpha value is -1.11. The first kappa shape index (κ1) is 20.9. The van der Waals surface area contributed by atoms with Crippen LogP contribution in [0.1, 0.15) is 52.9 Å². The first-order valence-electron chi connectivity index (χ1n) is 8.09. The summed E-state index contributed by atoms with van der Waals surface area (Å²) in [6.07, 6.45) is -3.01. The zero-order valence-electron chi connectivity index (χ0n) is 14.4. The summed E-state index contributed by atoms with van der Waals surface area (Å²) < 4.78 is 31.8. The molecule has 140 valence electrons. The second kappa shape index (κ2) is 8.32. The van der Waals surface area contributed by atoms with Gasteiger partial charge < -0.3 is 9.84 Å². The van der Waals surface area contributed by atoms with Crippen LogP contribution < -0.4 is 0 Å². The normalized spacial score (nSPS) is 24.5. The molecule has 1 heterocycles. The van der Waals surface area contributed by atoms with Crippen LogP contribution >= 0.6 is 11.6 Å². The van der Waals surface area contributed by atoms with E-state index in [2.05, 4.69) is 0 Å². The van der Waals surface area contributed by atoms with Gasteiger partial charge in [-0.3, -0.25) is 4.90 Å². The van der Waals surface area contributed by atoms with Crippen molar-refractivity contribution in [1.29, 1.82) is 0 Å². The second-order valence-corrected chi connectivity index (χ2v) is 7.74. The minimum Gasteiger partial charge on any atom is -0.479 e. The van der Waals surface area contributed by atoms with Gasteiger partial charge in [-0.15, -0.1) is 11.6 Å². The minimum absolute atomic E-state index is 0.0252. The number of ether oxygens (including phenoxy) is 1. The molecule has 5 nitrogen and oxygen atoms in total. The number of likely N-dealkylation sites (tertiary alicyclic amines) is 1. The van der Waals surface area contributed by atoms with E-state index >= 15 is 0 Å². The predicted molar refractivity (Wildman–Crippen MR) is 86.6 cm³/mol. The van der Waals surface area contributed by atoms with Gasteiger partial charge in [0.25, 0.3) is 6.43 Å². The van der Waals surface area contributed by atoms with Gasteiger partial charge in [-0.05, 0) is 37.5 Å². The molecule has 2 unspecified atom stereocenters. The molecule has 1 aliphatic heterocycles. The third-order valence-electron chi connectivity index (χ3n) is 4.33. The molecular formula is C16H26ClF2NO4. The van der Waals surface area contributed by atoms with Crippen molar-refractivity contribution in [2.24, 2.45) is 5.41 Å². The predicted octanol–water partition coefficient (Wildman–Crippen LogP) is 4.13. The third-order valence-corrected chi connectivity index (χ3v) is 4.60. The lowest BCUT2D eigenvalue weighted by molar-refractivity contribution is -0.151. The average molecular weight is 370 g/mol. The summed E-state index contributed by atoms with van der Waals surface area (Å²) in [5.41, 5.74) is -1.76. The van der Waals surface area contributed by atoms with E-state index < -0.39 is 30.1 Å². The quantitative estimate of drug-likeness (QED) is 0.685. The van der Waals surface area contributed by atoms with E-state index in [0.717, 1.165) is 4.90 Å². The number of nitrogens with zero attached hydrogens (tertiary/aromatic N) is 1. The number of aliphatic carboxylic acids is 1. The molecule has 0 spiro atoms. The Morgan fingerprint density at radius 3 is 2.50 bits per heavy atom. The molecule has 24 heavy (non-hydrogen) atoms. The van der Waals surface area contributed by atoms with Crippen molar-refractivity contribution in [3.8, 4) is 0 Å². The zero-order valence-corrected chi connectivity index (χ0v) is 15.1. The van der Waals surface area contributed by atoms with Gasteiger partial charge in [0.05, 0.1) is 12.6 Å². The molecular weight excluding hydrogens is 344 g/mol. The summed E-state index contributed by atoms with van der Waals surface area (Å²) in [5.74, 6) is -1.09. The smallest absolute Gasteiger partial charge is 0.411 e. The Balaban J connectivity index is 2.98. The van der Waals surface area contributed by atoms with Crippen molar-refractivity contribution < 1.29 is 28.2 Å². The lowest BCUT2D eigenvalue weighted by atomic mass is 9.91. The van der Waals surface area contributed by atoms with Crippen molar-refractivity contribution in [3.05, 3.63) is 0 Å². The molecule has 1 N–H and O–H groups in total. The van der Waals surface area contributed by atoms with Gasteiger partial charge in [0.2, 0.25) is 0 Å². The fraction of sp³-hybridized carbons (Fsp3) is 0.875. The molecule has 1 saturated heterocycles. The van der Waals surface area contributed by atoms with Gasteiger partial charge in [-0.25, -0.2) is 18.4 Å². The van der Waals surface area contributed by atoms with E-state index in [1.807, 2.05) is 20.8 Å². The van der Waals surface area contributed by atoms with E-state index in [1.165, 1.54) is 0 Å². The molecule has 2 atom stereocenters. The summed E-state index contributed by atoms with van der Waals surface area (Å²) in [6.45, 7) is 5.93. The Morgan fingerprint density at radius 1 is 1.42 bits per heavy atom. The molecule has 1 fully saturated rings. The molecule has 1 amide bonds. The van der Waals surface area contributed by atoms with Crippen LogP contribution in [0.25, 0.3) is 0 Å². The van der Waals surface area contributed by atoms with Gasteiger partial charge >= 0.3 is 12.1 Å². The largest absolute Gasteiger partial charge is 0.479 e. The number of carbonyl (C=O) groups is 2. The highest BCUT2D eigenvalue weighted by Gasteiger charge is 2.56. The highest BCUT2D eigenvalue weighted by Crippen LogP contribution is 2.41. The maximum absolute atomic E-state index is 13.3. The standard InChI is InChI=1S/C16H26ClF2NO4/c1-15(2,3)8-10-24-14(23)20-11(12(18)19)5-7-16(20,13(21)22)6-4-9-17/h11-12H,4-10H2,1-3H3,(H,21,22). The Kier molecular flexibility index (Phi) is 7.25. The minimum atomic E-state index is -2.82. The summed E-state index contributed by atoms with van der Waals surface area (Å²) in [7, 11) is 0. The number of amides is 1. The van der Waals surface area contributed by atoms with E-state index in [0.29, 0.717) is 12.8 Å². The van der Waals surface area contributed by atoms with Gasteiger partial charge in [-0.1, -0.05) is 20.8 Å². The van der Waals surface area contributed by atoms with Crippen molar-refractivity contribution in [1.82, 2.24) is 4.90 Å². The molecule has 0 aromatic carbocycles. The molecule has 0 radical (unpaired) electrons. The van der Waals surface area contributed by atoms with Crippen LogP contribution in [0.5, 0.6) is 0 Å². The number of hydrogen-bond donors (Lipinski definition) is 1. The average Bonchev–Trinajstić information content (AvgIpc) is 2.84. The highest BCUT2D eigenvalue weighted by atomic mass is 35.5. The van der Waals surface area contributed by atoms with Crippen LogP contribution in [0.15, 0.2) is 0 Å². The van der Waals surface area contributed by atoms with Gasteiger partial charge in [-0.2, -0.15) is 0 Å². The van der Waals surface area contributed by atoms with Crippen molar-refractivity contribution >= 4 is 23.7 Å². The summed E-state index contributed by atoms with van der Waals surface area (Å²) in [5, 5.41) is 9.63. The molecule has 8 heteroatoms. The maximum Gasteiger partial charge on any atom is 0.411 e. The molecule has 1 aliphatic rings. The Labute approximate surface area is 146 Å². The van der Waals surface area contributed by atoms with Gasteiger partial charge in [0, 0.05) is 5.88 Å². The number of halogens is 3. The summed E-state index contributed by atoms with van der Waals surface area (Å²) in [6, 6.07) is -1.45. The van der Waals surface area contributed by atoms with E-state index in [-0.39, 0.29) is 37.2 Å². The van der Waals surface area contributed by atoms with Gasteiger partial charge in [0.15, 0.2) is 0 Å². The third kappa shape index (κ3) is 4.94. The first-order chi connectivity index (χ1) is 11.0. The van der Waals surface area contributed by atoms with Crippen molar-refractivity contribution in [3.63, 3.8) is 0 Å². The number of carboxylic acids is 1. The zero-order chi connectivity index (χ0) is 18.5. The van der Waals surface area contributed by atoms with Crippen LogP contribution in [-0.2, 0) is 9.53 Å². The highest BCUT2D eigenvalue weighted by molar-refractivity contribution is 6.17.